The molecule has 0 fully saturated rings. The molecule has 0 aromatic heterocycles. The average molecular weight is 253 g/mol. The van der Waals surface area contributed by atoms with Gasteiger partial charge in [0.05, 0.1) is 0 Å². The Morgan fingerprint density at radius 2 is 1.25 bits per heavy atom. The molecule has 1 unspecified atom stereocenters. The van der Waals surface area contributed by atoms with E-state index in [1.807, 2.05) is 0 Å². The molecule has 0 heterocycles. The average Bonchev–Trinajstić information content (AvgIpc) is 1.00. The van der Waals surface area contributed by atoms with Crippen LogP contribution in [-0.2, 0) is 0 Å². The van der Waals surface area contributed by atoms with Crippen molar-refractivity contribution in [1.82, 2.24) is 0 Å². The Kier molecular flexibility index (Phi) is 72.0. The first-order valence-electron chi connectivity index (χ1n) is 0.577. The molecule has 4 heteroatoms. The van der Waals surface area contributed by atoms with E-state index < -0.39 is 0 Å². The van der Waals surface area contributed by atoms with Gasteiger partial charge in [0.2, 0.25) is 0 Å². The predicted molar refractivity (Wildman–Crippen MR) is 38.1 cm³/mol. The number of hydrogen-bond donors (Lipinski definition) is 0. The van der Waals surface area contributed by atoms with Gasteiger partial charge in [-0.2, -0.15) is 0 Å². The maximum absolute atomic E-state index is 2.63. The molecular formula is H10AlGaInP. The van der Waals surface area contributed by atoms with Crippen molar-refractivity contribution in [2.75, 3.05) is 0 Å². The fourth-order valence-corrected chi connectivity index (χ4v) is 0. The third-order valence-corrected chi connectivity index (χ3v) is 0. The zero-order valence-electron chi connectivity index (χ0n) is 1.58. The van der Waals surface area contributed by atoms with Gasteiger partial charge >= 0.3 is 50.2 Å². The third kappa shape index (κ3) is 8.82. The molecule has 24 valence electrons. The monoisotopic (exact) mass is 252 g/mol. The summed E-state index contributed by atoms with van der Waals surface area (Å²) in [4.78, 5) is 0. The molecule has 0 N–H and O–H groups in total. The van der Waals surface area contributed by atoms with E-state index in [9.17, 15) is 0 Å². The molecule has 0 radical (unpaired) electrons. The summed E-state index contributed by atoms with van der Waals surface area (Å²) in [7, 11) is 0. The minimum atomic E-state index is 0. The van der Waals surface area contributed by atoms with Crippen LogP contribution < -0.4 is 0 Å². The second-order valence-electron chi connectivity index (χ2n) is 0. The zero-order valence-corrected chi connectivity index (χ0v) is 8.44. The summed E-state index contributed by atoms with van der Waals surface area (Å²) < 4.78 is 0. The van der Waals surface area contributed by atoms with Crippen molar-refractivity contribution >= 4 is 67.5 Å². The van der Waals surface area contributed by atoms with Crippen LogP contribution in [0.4, 0.5) is 0 Å². The minimum absolute atomic E-state index is 0. The van der Waals surface area contributed by atoms with Gasteiger partial charge in [0, 0.05) is 0 Å². The van der Waals surface area contributed by atoms with Gasteiger partial charge in [0.15, 0.2) is 17.4 Å². The van der Waals surface area contributed by atoms with Crippen LogP contribution in [0.1, 0.15) is 0 Å². The van der Waals surface area contributed by atoms with Gasteiger partial charge in [-0.1, -0.05) is 0 Å². The Bertz CT molecular complexity index is 8.00. The fraction of sp³-hybridized carbons (Fsp3) is 0. The van der Waals surface area contributed by atoms with Crippen LogP contribution in [0, 0.1) is 0 Å². The molecule has 0 aliphatic carbocycles. The summed E-state index contributed by atoms with van der Waals surface area (Å²) in [5, 5.41) is 0. The van der Waals surface area contributed by atoms with Crippen molar-refractivity contribution in [3.05, 3.63) is 0 Å². The van der Waals surface area contributed by atoms with Gasteiger partial charge in [-0.15, -0.1) is 0 Å². The van der Waals surface area contributed by atoms with Gasteiger partial charge < -0.3 is 0 Å². The van der Waals surface area contributed by atoms with Gasteiger partial charge in [0.1, 0.15) is 0 Å². The molecule has 1 atom stereocenters. The molecule has 0 saturated carbocycles. The van der Waals surface area contributed by atoms with Crippen molar-refractivity contribution in [3.63, 3.8) is 0 Å². The summed E-state index contributed by atoms with van der Waals surface area (Å²) in [6, 6.07) is 0. The van der Waals surface area contributed by atoms with Crippen LogP contribution in [0.3, 0.4) is 0 Å². The van der Waals surface area contributed by atoms with E-state index in [0.717, 1.165) is 23.8 Å². The molecule has 0 nitrogen and oxygen atoms in total. The van der Waals surface area contributed by atoms with Crippen LogP contribution in [0.15, 0.2) is 0 Å². The van der Waals surface area contributed by atoms with Crippen molar-refractivity contribution in [1.29, 1.82) is 0 Å². The Morgan fingerprint density at radius 1 is 1.25 bits per heavy atom. The maximum atomic E-state index is 2.63. The molecule has 0 aromatic carbocycles. The van der Waals surface area contributed by atoms with Gasteiger partial charge in [-0.3, -0.25) is 0 Å². The quantitative estimate of drug-likeness (QED) is 0.319. The molecule has 0 aromatic rings. The summed E-state index contributed by atoms with van der Waals surface area (Å²) in [6.45, 7) is 2.63. The van der Waals surface area contributed by atoms with E-state index in [1.54, 1.807) is 0 Å². The Morgan fingerprint density at radius 3 is 1.25 bits per heavy atom. The van der Waals surface area contributed by atoms with Crippen molar-refractivity contribution in [2.24, 2.45) is 0 Å². The molecule has 0 rings (SSSR count). The normalized spacial score (nSPS) is 1.25. The molecule has 4 heavy (non-hydrogen) atoms. The number of hydrogen-bond acceptors (Lipinski definition) is 0. The predicted octanol–water partition coefficient (Wildman–Crippen LogP) is -2.96. The molecule has 0 saturated heterocycles. The van der Waals surface area contributed by atoms with Crippen LogP contribution in [0.2, 0.25) is 0 Å². The van der Waals surface area contributed by atoms with Crippen LogP contribution in [0.5, 0.6) is 0 Å². The van der Waals surface area contributed by atoms with Crippen molar-refractivity contribution < 1.29 is 0 Å². The SMILES string of the molecule is [AlH3].[GaH3].[PH2][InH2]. The number of rotatable bonds is 0. The van der Waals surface area contributed by atoms with Crippen LogP contribution >= 0.6 is 6.59 Å². The zero-order chi connectivity index (χ0) is 2.00. The van der Waals surface area contributed by atoms with Crippen LogP contribution in [-0.4, -0.2) is 60.9 Å². The second kappa shape index (κ2) is 17.9. The van der Waals surface area contributed by atoms with E-state index in [0.29, 0.717) is 0 Å². The second-order valence-corrected chi connectivity index (χ2v) is 0. The standard InChI is InChI=1S/Al.Ga.In.H2P.8H/h;;;1H2;;;;;;;;/q;;+1;-1;;;;;;;;. The fourth-order valence-electron chi connectivity index (χ4n) is 0. The van der Waals surface area contributed by atoms with E-state index in [4.69, 9.17) is 0 Å². The van der Waals surface area contributed by atoms with E-state index in [-0.39, 0.29) is 37.2 Å². The van der Waals surface area contributed by atoms with Crippen molar-refractivity contribution in [3.8, 4) is 0 Å². The van der Waals surface area contributed by atoms with Gasteiger partial charge in [0.25, 0.3) is 0 Å². The molecule has 0 amide bonds. The topological polar surface area (TPSA) is 0 Å². The summed E-state index contributed by atoms with van der Waals surface area (Å²) in [5.41, 5.74) is 0. The Balaban J connectivity index is -0.00000000500. The van der Waals surface area contributed by atoms with E-state index in [2.05, 4.69) is 6.59 Å². The van der Waals surface area contributed by atoms with Gasteiger partial charge in [-0.05, 0) is 0 Å². The first-order chi connectivity index (χ1) is 1.00. The van der Waals surface area contributed by atoms with Crippen molar-refractivity contribution in [2.45, 2.75) is 0 Å². The van der Waals surface area contributed by atoms with E-state index >= 15 is 0 Å². The molecular weight excluding hydrogens is 242 g/mol. The summed E-state index contributed by atoms with van der Waals surface area (Å²) >= 11 is 0.867. The van der Waals surface area contributed by atoms with Crippen LogP contribution in [0.25, 0.3) is 0 Å². The first-order valence-corrected chi connectivity index (χ1v) is 11.6. The van der Waals surface area contributed by atoms with Gasteiger partial charge in [-0.25, -0.2) is 0 Å². The third-order valence-electron chi connectivity index (χ3n) is 0. The molecule has 0 bridgehead atoms. The van der Waals surface area contributed by atoms with E-state index in [1.165, 1.54) is 0 Å². The summed E-state index contributed by atoms with van der Waals surface area (Å²) in [5.74, 6) is 0. The summed E-state index contributed by atoms with van der Waals surface area (Å²) in [6.07, 6.45) is 0. The molecule has 0 spiro atoms. The molecule has 0 aliphatic rings. The first kappa shape index (κ1) is 16.1. The Labute approximate surface area is 66.7 Å². The Hall–Kier alpha value is 2.47. The molecule has 0 aliphatic heterocycles.